The fourth-order valence-corrected chi connectivity index (χ4v) is 1.62. The van der Waals surface area contributed by atoms with Crippen LogP contribution in [0, 0.1) is 0 Å². The molecule has 0 fully saturated rings. The zero-order valence-corrected chi connectivity index (χ0v) is 11.0. The van der Waals surface area contributed by atoms with E-state index >= 15 is 0 Å². The van der Waals surface area contributed by atoms with Crippen molar-refractivity contribution in [3.05, 3.63) is 12.2 Å². The van der Waals surface area contributed by atoms with Gasteiger partial charge >= 0.3 is 0 Å². The molecular formula is C14H27NO. The van der Waals surface area contributed by atoms with Crippen molar-refractivity contribution in [1.82, 2.24) is 4.90 Å². The molecule has 0 aromatic carbocycles. The van der Waals surface area contributed by atoms with Gasteiger partial charge in [-0.15, -0.1) is 0 Å². The molecule has 0 N–H and O–H groups in total. The number of nitrogens with zero attached hydrogens (tertiary/aromatic N) is 1. The molecule has 0 atom stereocenters. The fraction of sp³-hybridized carbons (Fsp3) is 0.786. The van der Waals surface area contributed by atoms with E-state index in [1.165, 1.54) is 44.9 Å². The summed E-state index contributed by atoms with van der Waals surface area (Å²) in [6.45, 7) is 2.99. The molecule has 0 aliphatic rings. The van der Waals surface area contributed by atoms with Crippen LogP contribution >= 0.6 is 0 Å². The van der Waals surface area contributed by atoms with Gasteiger partial charge in [-0.05, 0) is 12.8 Å². The van der Waals surface area contributed by atoms with E-state index in [1.54, 1.807) is 11.9 Å². The second-order valence-electron chi connectivity index (χ2n) is 4.43. The van der Waals surface area contributed by atoms with Gasteiger partial charge in [0.1, 0.15) is 0 Å². The van der Waals surface area contributed by atoms with Crippen LogP contribution in [0.5, 0.6) is 0 Å². The van der Waals surface area contributed by atoms with Crippen molar-refractivity contribution in [3.63, 3.8) is 0 Å². The summed E-state index contributed by atoms with van der Waals surface area (Å²) < 4.78 is 0. The quantitative estimate of drug-likeness (QED) is 0.298. The van der Waals surface area contributed by atoms with Gasteiger partial charge < -0.3 is 4.90 Å². The minimum Gasteiger partial charge on any atom is -0.345 e. The molecule has 0 aliphatic heterocycles. The van der Waals surface area contributed by atoms with Crippen molar-refractivity contribution in [2.45, 2.75) is 58.3 Å². The number of hydrogen-bond donors (Lipinski definition) is 0. The van der Waals surface area contributed by atoms with Gasteiger partial charge in [-0.3, -0.25) is 4.79 Å². The van der Waals surface area contributed by atoms with E-state index in [2.05, 4.69) is 19.1 Å². The highest BCUT2D eigenvalue weighted by molar-refractivity contribution is 5.46. The van der Waals surface area contributed by atoms with Crippen molar-refractivity contribution in [3.8, 4) is 0 Å². The van der Waals surface area contributed by atoms with Crippen LogP contribution in [0.4, 0.5) is 0 Å². The summed E-state index contributed by atoms with van der Waals surface area (Å²) in [4.78, 5) is 11.9. The van der Waals surface area contributed by atoms with Crippen LogP contribution in [0.3, 0.4) is 0 Å². The first kappa shape index (κ1) is 15.2. The number of amides is 1. The first-order chi connectivity index (χ1) is 7.81. The van der Waals surface area contributed by atoms with Crippen molar-refractivity contribution in [2.75, 3.05) is 13.6 Å². The Kier molecular flexibility index (Phi) is 11.7. The molecule has 0 radical (unpaired) electrons. The van der Waals surface area contributed by atoms with Crippen LogP contribution in [-0.2, 0) is 4.79 Å². The first-order valence-corrected chi connectivity index (χ1v) is 6.61. The third-order valence-corrected chi connectivity index (χ3v) is 2.71. The van der Waals surface area contributed by atoms with Crippen molar-refractivity contribution >= 4 is 6.41 Å². The molecule has 0 rings (SSSR count). The van der Waals surface area contributed by atoms with Crippen LogP contribution in [0.25, 0.3) is 0 Å². The molecule has 16 heavy (non-hydrogen) atoms. The summed E-state index contributed by atoms with van der Waals surface area (Å²) in [5, 5.41) is 0. The van der Waals surface area contributed by atoms with E-state index < -0.39 is 0 Å². The van der Waals surface area contributed by atoms with Gasteiger partial charge in [0.05, 0.1) is 0 Å². The van der Waals surface area contributed by atoms with E-state index in [1.807, 2.05) is 0 Å². The number of carbonyl (C=O) groups excluding carboxylic acids is 1. The Morgan fingerprint density at radius 3 is 2.19 bits per heavy atom. The minimum absolute atomic E-state index is 0.736. The summed E-state index contributed by atoms with van der Waals surface area (Å²) >= 11 is 0. The number of allylic oxidation sites excluding steroid dienone is 1. The lowest BCUT2D eigenvalue weighted by Crippen LogP contribution is -2.14. The number of carbonyl (C=O) groups is 1. The van der Waals surface area contributed by atoms with Crippen LogP contribution in [0.1, 0.15) is 58.3 Å². The van der Waals surface area contributed by atoms with Crippen LogP contribution in [0.15, 0.2) is 12.2 Å². The number of rotatable bonds is 11. The smallest absolute Gasteiger partial charge is 0.209 e. The molecule has 2 heteroatoms. The highest BCUT2D eigenvalue weighted by atomic mass is 16.1. The molecule has 0 heterocycles. The SMILES string of the molecule is CCCCCCCCC/C=C/CN(C)C=O. The van der Waals surface area contributed by atoms with Crippen molar-refractivity contribution < 1.29 is 4.79 Å². The van der Waals surface area contributed by atoms with Crippen LogP contribution in [0.2, 0.25) is 0 Å². The molecule has 2 nitrogen and oxygen atoms in total. The summed E-state index contributed by atoms with van der Waals surface area (Å²) in [5.41, 5.74) is 0. The van der Waals surface area contributed by atoms with Crippen molar-refractivity contribution in [2.24, 2.45) is 0 Å². The van der Waals surface area contributed by atoms with E-state index in [9.17, 15) is 4.79 Å². The lowest BCUT2D eigenvalue weighted by atomic mass is 10.1. The highest BCUT2D eigenvalue weighted by Gasteiger charge is 1.90. The van der Waals surface area contributed by atoms with Gasteiger partial charge in [0, 0.05) is 13.6 Å². The standard InChI is InChI=1S/C14H27NO/c1-3-4-5-6-7-8-9-10-11-12-13-15(2)14-16/h11-12,14H,3-10,13H2,1-2H3/b12-11+. The van der Waals surface area contributed by atoms with Gasteiger partial charge in [-0.25, -0.2) is 0 Å². The normalized spacial score (nSPS) is 10.9. The Morgan fingerprint density at radius 1 is 0.938 bits per heavy atom. The molecule has 0 aromatic heterocycles. The zero-order chi connectivity index (χ0) is 12.1. The third-order valence-electron chi connectivity index (χ3n) is 2.71. The van der Waals surface area contributed by atoms with Crippen LogP contribution in [-0.4, -0.2) is 24.9 Å². The van der Waals surface area contributed by atoms with E-state index in [4.69, 9.17) is 0 Å². The predicted molar refractivity (Wildman–Crippen MR) is 70.4 cm³/mol. The summed E-state index contributed by atoms with van der Waals surface area (Å²) in [5.74, 6) is 0. The minimum atomic E-state index is 0.736. The van der Waals surface area contributed by atoms with Gasteiger partial charge in [-0.2, -0.15) is 0 Å². The molecule has 1 amide bonds. The number of likely N-dealkylation sites (N-methyl/N-ethyl adjacent to an activating group) is 1. The Hall–Kier alpha value is -0.790. The van der Waals surface area contributed by atoms with E-state index in [0.29, 0.717) is 0 Å². The van der Waals surface area contributed by atoms with E-state index in [0.717, 1.165) is 19.4 Å². The largest absolute Gasteiger partial charge is 0.345 e. The highest BCUT2D eigenvalue weighted by Crippen LogP contribution is 2.08. The fourth-order valence-electron chi connectivity index (χ4n) is 1.62. The lowest BCUT2D eigenvalue weighted by Gasteiger charge is -2.04. The predicted octanol–water partition coefficient (Wildman–Crippen LogP) is 3.77. The van der Waals surface area contributed by atoms with Crippen molar-refractivity contribution in [1.29, 1.82) is 0 Å². The molecule has 0 saturated heterocycles. The second-order valence-corrected chi connectivity index (χ2v) is 4.43. The van der Waals surface area contributed by atoms with Gasteiger partial charge in [0.15, 0.2) is 0 Å². The van der Waals surface area contributed by atoms with Gasteiger partial charge in [0.25, 0.3) is 0 Å². The summed E-state index contributed by atoms with van der Waals surface area (Å²) in [6.07, 6.45) is 15.8. The number of hydrogen-bond acceptors (Lipinski definition) is 1. The lowest BCUT2D eigenvalue weighted by molar-refractivity contribution is -0.116. The maximum Gasteiger partial charge on any atom is 0.209 e. The Morgan fingerprint density at radius 2 is 1.56 bits per heavy atom. The van der Waals surface area contributed by atoms with E-state index in [-0.39, 0.29) is 0 Å². The third kappa shape index (κ3) is 11.3. The average Bonchev–Trinajstić information content (AvgIpc) is 2.31. The van der Waals surface area contributed by atoms with Gasteiger partial charge in [-0.1, -0.05) is 57.6 Å². The maximum absolute atomic E-state index is 10.3. The first-order valence-electron chi connectivity index (χ1n) is 6.61. The topological polar surface area (TPSA) is 20.3 Å². The second kappa shape index (κ2) is 12.3. The maximum atomic E-state index is 10.3. The summed E-state index contributed by atoms with van der Waals surface area (Å²) in [7, 11) is 1.80. The Balaban J connectivity index is 3.11. The molecule has 0 unspecified atom stereocenters. The summed E-state index contributed by atoms with van der Waals surface area (Å²) in [6, 6.07) is 0. The molecule has 0 aromatic rings. The van der Waals surface area contributed by atoms with Crippen LogP contribution < -0.4 is 0 Å². The number of unbranched alkanes of at least 4 members (excludes halogenated alkanes) is 7. The Bertz CT molecular complexity index is 178. The molecule has 0 spiro atoms. The van der Waals surface area contributed by atoms with Gasteiger partial charge in [0.2, 0.25) is 6.41 Å². The molecule has 0 saturated carbocycles. The Labute approximate surface area is 101 Å². The molecular weight excluding hydrogens is 198 g/mol. The molecule has 94 valence electrons. The zero-order valence-electron chi connectivity index (χ0n) is 11.0. The monoisotopic (exact) mass is 225 g/mol. The average molecular weight is 225 g/mol. The molecule has 0 bridgehead atoms. The molecule has 0 aliphatic carbocycles.